The summed E-state index contributed by atoms with van der Waals surface area (Å²) in [5.41, 5.74) is -1.20. The van der Waals surface area contributed by atoms with Crippen LogP contribution in [0, 0.1) is 0 Å². The van der Waals surface area contributed by atoms with Crippen LogP contribution in [0.15, 0.2) is 0 Å². The van der Waals surface area contributed by atoms with Gasteiger partial charge in [0.2, 0.25) is 15.9 Å². The van der Waals surface area contributed by atoms with Crippen LogP contribution in [-0.4, -0.2) is 54.6 Å². The molecule has 8 heteroatoms. The van der Waals surface area contributed by atoms with E-state index in [4.69, 9.17) is 5.11 Å². The molecule has 0 bridgehead atoms. The monoisotopic (exact) mass is 278 g/mol. The summed E-state index contributed by atoms with van der Waals surface area (Å²) in [6.45, 7) is 1.12. The van der Waals surface area contributed by atoms with Gasteiger partial charge >= 0.3 is 5.97 Å². The summed E-state index contributed by atoms with van der Waals surface area (Å²) >= 11 is 0. The third-order valence-electron chi connectivity index (χ3n) is 3.20. The van der Waals surface area contributed by atoms with E-state index in [0.29, 0.717) is 12.8 Å². The number of carboxylic acid groups (broad SMARTS) is 1. The van der Waals surface area contributed by atoms with E-state index in [0.717, 1.165) is 10.7 Å². The van der Waals surface area contributed by atoms with Crippen LogP contribution in [-0.2, 0) is 19.6 Å². The number of aliphatic carboxylic acids is 1. The molecule has 0 aromatic rings. The van der Waals surface area contributed by atoms with Crippen LogP contribution in [0.5, 0.6) is 0 Å². The van der Waals surface area contributed by atoms with Crippen molar-refractivity contribution in [2.75, 3.05) is 19.3 Å². The van der Waals surface area contributed by atoms with Gasteiger partial charge in [-0.3, -0.25) is 4.79 Å². The average Bonchev–Trinajstić information content (AvgIpc) is 2.22. The summed E-state index contributed by atoms with van der Waals surface area (Å²) in [5.74, 6) is -1.75. The maximum atomic E-state index is 11.6. The molecule has 0 heterocycles. The Bertz CT molecular complexity index is 441. The van der Waals surface area contributed by atoms with Crippen molar-refractivity contribution in [3.8, 4) is 0 Å². The molecule has 0 spiro atoms. The van der Waals surface area contributed by atoms with Crippen LogP contribution < -0.4 is 5.32 Å². The molecular weight excluding hydrogens is 260 g/mol. The maximum Gasteiger partial charge on any atom is 0.329 e. The fourth-order valence-electron chi connectivity index (χ4n) is 1.75. The van der Waals surface area contributed by atoms with Crippen molar-refractivity contribution in [1.82, 2.24) is 9.62 Å². The number of amides is 1. The van der Waals surface area contributed by atoms with Crippen molar-refractivity contribution in [3.05, 3.63) is 0 Å². The first-order valence-electron chi connectivity index (χ1n) is 5.72. The van der Waals surface area contributed by atoms with E-state index in [2.05, 4.69) is 5.32 Å². The lowest BCUT2D eigenvalue weighted by molar-refractivity contribution is -0.151. The van der Waals surface area contributed by atoms with Gasteiger partial charge in [-0.2, -0.15) is 4.31 Å². The normalized spacial score (nSPS) is 18.2. The topological polar surface area (TPSA) is 104 Å². The van der Waals surface area contributed by atoms with E-state index in [-0.39, 0.29) is 12.3 Å². The van der Waals surface area contributed by atoms with E-state index in [1.54, 1.807) is 0 Å². The molecule has 0 aliphatic heterocycles. The number of carbonyl (C=O) groups excluding carboxylic acids is 1. The number of likely N-dealkylation sites (N-methyl/N-ethyl adjacent to an activating group) is 1. The maximum absolute atomic E-state index is 11.6. The second-order valence-electron chi connectivity index (χ2n) is 4.45. The molecule has 1 rings (SSSR count). The van der Waals surface area contributed by atoms with Gasteiger partial charge in [0.25, 0.3) is 0 Å². The molecule has 7 nitrogen and oxygen atoms in total. The summed E-state index contributed by atoms with van der Waals surface area (Å²) in [4.78, 5) is 22.7. The Hall–Kier alpha value is -1.15. The second kappa shape index (κ2) is 5.23. The summed E-state index contributed by atoms with van der Waals surface area (Å²) in [7, 11) is -2.13. The summed E-state index contributed by atoms with van der Waals surface area (Å²) in [6, 6.07) is 0. The van der Waals surface area contributed by atoms with Crippen LogP contribution in [0.2, 0.25) is 0 Å². The van der Waals surface area contributed by atoms with Gasteiger partial charge in [-0.05, 0) is 26.2 Å². The van der Waals surface area contributed by atoms with Crippen LogP contribution in [0.25, 0.3) is 0 Å². The Morgan fingerprint density at radius 1 is 1.39 bits per heavy atom. The largest absolute Gasteiger partial charge is 0.480 e. The molecule has 0 aromatic heterocycles. The zero-order chi connectivity index (χ0) is 14.0. The Kier molecular flexibility index (Phi) is 4.33. The molecule has 0 saturated heterocycles. The molecule has 0 aromatic carbocycles. The van der Waals surface area contributed by atoms with Gasteiger partial charge in [0.1, 0.15) is 5.54 Å². The van der Waals surface area contributed by atoms with E-state index in [9.17, 15) is 18.0 Å². The fourth-order valence-corrected chi connectivity index (χ4v) is 2.50. The van der Waals surface area contributed by atoms with Crippen LogP contribution in [0.3, 0.4) is 0 Å². The molecule has 2 N–H and O–H groups in total. The molecular formula is C10H18N2O5S. The Morgan fingerprint density at radius 3 is 2.28 bits per heavy atom. The van der Waals surface area contributed by atoms with Crippen LogP contribution >= 0.6 is 0 Å². The minimum Gasteiger partial charge on any atom is -0.480 e. The SMILES string of the molecule is CCS(=O)(=O)N(C)CC(=O)NC1(C(=O)O)CCC1. The van der Waals surface area contributed by atoms with Crippen molar-refractivity contribution < 1.29 is 23.1 Å². The Morgan fingerprint density at radius 2 is 1.94 bits per heavy atom. The molecule has 1 fully saturated rings. The van der Waals surface area contributed by atoms with Gasteiger partial charge < -0.3 is 10.4 Å². The first-order valence-corrected chi connectivity index (χ1v) is 7.33. The minimum atomic E-state index is -3.43. The zero-order valence-electron chi connectivity index (χ0n) is 10.5. The summed E-state index contributed by atoms with van der Waals surface area (Å²) in [5, 5.41) is 11.4. The molecule has 1 aliphatic rings. The number of nitrogens with one attached hydrogen (secondary N) is 1. The first kappa shape index (κ1) is 14.9. The lowest BCUT2D eigenvalue weighted by Crippen LogP contribution is -2.60. The molecule has 1 aliphatic carbocycles. The van der Waals surface area contributed by atoms with Crippen molar-refractivity contribution >= 4 is 21.9 Å². The summed E-state index contributed by atoms with van der Waals surface area (Å²) < 4.78 is 23.8. The van der Waals surface area contributed by atoms with Crippen LogP contribution in [0.1, 0.15) is 26.2 Å². The first-order chi connectivity index (χ1) is 8.23. The summed E-state index contributed by atoms with van der Waals surface area (Å²) in [6.07, 6.45) is 1.52. The number of hydrogen-bond donors (Lipinski definition) is 2. The van der Waals surface area contributed by atoms with Crippen molar-refractivity contribution in [3.63, 3.8) is 0 Å². The van der Waals surface area contributed by atoms with Crippen molar-refractivity contribution in [2.24, 2.45) is 0 Å². The van der Waals surface area contributed by atoms with E-state index < -0.39 is 27.4 Å². The number of rotatable bonds is 6. The smallest absolute Gasteiger partial charge is 0.329 e. The molecule has 1 amide bonds. The van der Waals surface area contributed by atoms with Gasteiger partial charge in [0.15, 0.2) is 0 Å². The molecule has 104 valence electrons. The zero-order valence-corrected chi connectivity index (χ0v) is 11.3. The van der Waals surface area contributed by atoms with Gasteiger partial charge in [0, 0.05) is 7.05 Å². The second-order valence-corrected chi connectivity index (χ2v) is 6.81. The molecule has 1 saturated carbocycles. The minimum absolute atomic E-state index is 0.0964. The third kappa shape index (κ3) is 2.99. The quantitative estimate of drug-likeness (QED) is 0.674. The highest BCUT2D eigenvalue weighted by molar-refractivity contribution is 7.89. The highest BCUT2D eigenvalue weighted by atomic mass is 32.2. The number of sulfonamides is 1. The Balaban J connectivity index is 2.60. The number of nitrogens with zero attached hydrogens (tertiary/aromatic N) is 1. The molecule has 0 radical (unpaired) electrons. The van der Waals surface area contributed by atoms with Gasteiger partial charge in [-0.15, -0.1) is 0 Å². The van der Waals surface area contributed by atoms with E-state index in [1.807, 2.05) is 0 Å². The highest BCUT2D eigenvalue weighted by Crippen LogP contribution is 2.31. The van der Waals surface area contributed by atoms with E-state index in [1.165, 1.54) is 14.0 Å². The predicted molar refractivity (Wildman–Crippen MR) is 64.5 cm³/mol. The van der Waals surface area contributed by atoms with E-state index >= 15 is 0 Å². The standard InChI is InChI=1S/C10H18N2O5S/c1-3-18(16,17)12(2)7-8(13)11-10(9(14)15)5-4-6-10/h3-7H2,1-2H3,(H,11,13)(H,14,15). The lowest BCUT2D eigenvalue weighted by atomic mass is 9.77. The van der Waals surface area contributed by atoms with Crippen molar-refractivity contribution in [2.45, 2.75) is 31.7 Å². The number of carboxylic acids is 1. The third-order valence-corrected chi connectivity index (χ3v) is 5.01. The number of carbonyl (C=O) groups is 2. The van der Waals surface area contributed by atoms with Crippen molar-refractivity contribution in [1.29, 1.82) is 0 Å². The molecule has 0 unspecified atom stereocenters. The van der Waals surface area contributed by atoms with Gasteiger partial charge in [-0.1, -0.05) is 0 Å². The highest BCUT2D eigenvalue weighted by Gasteiger charge is 2.45. The van der Waals surface area contributed by atoms with Gasteiger partial charge in [0.05, 0.1) is 12.3 Å². The average molecular weight is 278 g/mol. The predicted octanol–water partition coefficient (Wildman–Crippen LogP) is -0.609. The Labute approximate surface area is 106 Å². The fraction of sp³-hybridized carbons (Fsp3) is 0.800. The number of hydrogen-bond acceptors (Lipinski definition) is 4. The van der Waals surface area contributed by atoms with Gasteiger partial charge in [-0.25, -0.2) is 13.2 Å². The van der Waals surface area contributed by atoms with Crippen LogP contribution in [0.4, 0.5) is 0 Å². The molecule has 18 heavy (non-hydrogen) atoms. The molecule has 0 atom stereocenters. The lowest BCUT2D eigenvalue weighted by Gasteiger charge is -2.38.